The van der Waals surface area contributed by atoms with Crippen LogP contribution in [0.2, 0.25) is 0 Å². The van der Waals surface area contributed by atoms with Gasteiger partial charge in [-0.3, -0.25) is 9.29 Å². The maximum Gasteiger partial charge on any atom is 0.422 e. The summed E-state index contributed by atoms with van der Waals surface area (Å²) in [7, 11) is -3.00. The van der Waals surface area contributed by atoms with Crippen molar-refractivity contribution in [3.63, 3.8) is 0 Å². The molecule has 3 heterocycles. The van der Waals surface area contributed by atoms with E-state index in [4.69, 9.17) is 4.74 Å². The molecule has 4 rings (SSSR count). The van der Waals surface area contributed by atoms with Crippen LogP contribution in [0, 0.1) is 5.82 Å². The van der Waals surface area contributed by atoms with Crippen molar-refractivity contribution in [1.29, 1.82) is 0 Å². The summed E-state index contributed by atoms with van der Waals surface area (Å²) in [5.41, 5.74) is 4.67. The lowest BCUT2D eigenvalue weighted by molar-refractivity contribution is -0.155. The van der Waals surface area contributed by atoms with Crippen molar-refractivity contribution in [3.05, 3.63) is 65.6 Å². The van der Waals surface area contributed by atoms with Crippen LogP contribution in [0.1, 0.15) is 31.4 Å². The topological polar surface area (TPSA) is 154 Å². The molecule has 17 heteroatoms. The van der Waals surface area contributed by atoms with Crippen LogP contribution in [0.4, 0.5) is 23.5 Å². The van der Waals surface area contributed by atoms with Crippen molar-refractivity contribution in [2.24, 2.45) is 4.99 Å². The van der Waals surface area contributed by atoms with Crippen molar-refractivity contribution in [2.45, 2.75) is 31.2 Å². The van der Waals surface area contributed by atoms with Gasteiger partial charge in [0.25, 0.3) is 0 Å². The number of sulfonamides is 1. The normalized spacial score (nSPS) is 14.7. The number of halogens is 4. The minimum atomic E-state index is -4.64. The number of rotatable bonds is 9. The second kappa shape index (κ2) is 11.4. The molecule has 1 aliphatic heterocycles. The third-order valence-electron chi connectivity index (χ3n) is 5.76. The molecule has 216 valence electrons. The Morgan fingerprint density at radius 2 is 1.88 bits per heavy atom. The van der Waals surface area contributed by atoms with Gasteiger partial charge in [0, 0.05) is 5.92 Å². The number of hydrogen-bond donors (Lipinski definition) is 2. The number of hydrogen-bond acceptors (Lipinski definition) is 10. The third kappa shape index (κ3) is 6.54. The molecule has 0 amide bonds. The SMILES string of the molecule is COc1cccc(O)c1-n1c(NS(=O)(=O)[C@@H](C)[C@H](C)c2ncc(F)cn2)nnc1C1=C=C=CC(OCC(F)(F)F)=N1. The molecule has 3 aromatic rings. The minimum absolute atomic E-state index is 0.0566. The summed E-state index contributed by atoms with van der Waals surface area (Å²) in [6, 6.07) is 4.20. The highest BCUT2D eigenvalue weighted by Crippen LogP contribution is 2.37. The smallest absolute Gasteiger partial charge is 0.422 e. The number of phenolic OH excluding ortho intramolecular Hbond substituents is 1. The maximum atomic E-state index is 13.4. The number of anilines is 1. The molecule has 0 bridgehead atoms. The van der Waals surface area contributed by atoms with E-state index in [1.807, 2.05) is 0 Å². The number of alkyl halides is 3. The van der Waals surface area contributed by atoms with Crippen LogP contribution >= 0.6 is 0 Å². The highest BCUT2D eigenvalue weighted by atomic mass is 32.2. The molecule has 0 spiro atoms. The molecule has 1 aromatic carbocycles. The lowest BCUT2D eigenvalue weighted by Crippen LogP contribution is -2.31. The third-order valence-corrected chi connectivity index (χ3v) is 7.62. The van der Waals surface area contributed by atoms with E-state index in [-0.39, 0.29) is 34.5 Å². The van der Waals surface area contributed by atoms with Crippen LogP contribution < -0.4 is 9.46 Å². The Morgan fingerprint density at radius 1 is 1.17 bits per heavy atom. The molecule has 2 atom stereocenters. The van der Waals surface area contributed by atoms with Gasteiger partial charge >= 0.3 is 6.18 Å². The molecule has 1 aliphatic rings. The number of nitrogens with one attached hydrogen (secondary N) is 1. The van der Waals surface area contributed by atoms with Gasteiger partial charge in [-0.1, -0.05) is 18.7 Å². The Labute approximate surface area is 230 Å². The Kier molecular flexibility index (Phi) is 8.14. The number of aromatic hydroxyl groups is 1. The summed E-state index contributed by atoms with van der Waals surface area (Å²) in [4.78, 5) is 11.6. The summed E-state index contributed by atoms with van der Waals surface area (Å²) < 4.78 is 91.4. The van der Waals surface area contributed by atoms with Crippen LogP contribution in [0.5, 0.6) is 11.5 Å². The lowest BCUT2D eigenvalue weighted by Gasteiger charge is -2.21. The molecule has 0 unspecified atom stereocenters. The van der Waals surface area contributed by atoms with Crippen molar-refractivity contribution in [1.82, 2.24) is 24.7 Å². The fourth-order valence-electron chi connectivity index (χ4n) is 3.54. The van der Waals surface area contributed by atoms with Gasteiger partial charge in [0.1, 0.15) is 23.0 Å². The van der Waals surface area contributed by atoms with Gasteiger partial charge in [0.2, 0.25) is 21.9 Å². The first-order valence-electron chi connectivity index (χ1n) is 11.6. The van der Waals surface area contributed by atoms with Gasteiger partial charge < -0.3 is 14.6 Å². The zero-order valence-corrected chi connectivity index (χ0v) is 22.3. The first-order valence-corrected chi connectivity index (χ1v) is 13.2. The molecule has 12 nitrogen and oxygen atoms in total. The molecule has 2 N–H and O–H groups in total. The fraction of sp³-hybridized carbons (Fsp3) is 0.292. The number of methoxy groups -OCH3 is 1. The fourth-order valence-corrected chi connectivity index (χ4v) is 4.78. The number of para-hydroxylation sites is 1. The van der Waals surface area contributed by atoms with Crippen LogP contribution in [0.3, 0.4) is 0 Å². The number of aliphatic imine (C=N–C) groups is 1. The average molecular weight is 596 g/mol. The Bertz CT molecular complexity index is 1690. The van der Waals surface area contributed by atoms with Crippen molar-refractivity contribution in [3.8, 4) is 17.2 Å². The molecule has 0 saturated heterocycles. The highest BCUT2D eigenvalue weighted by molar-refractivity contribution is 7.93. The predicted molar refractivity (Wildman–Crippen MR) is 136 cm³/mol. The molecule has 0 saturated carbocycles. The largest absolute Gasteiger partial charge is 0.506 e. The Hall–Kier alpha value is -4.72. The Balaban J connectivity index is 1.78. The second-order valence-electron chi connectivity index (χ2n) is 8.53. The number of benzene rings is 1. The monoisotopic (exact) mass is 595 g/mol. The second-order valence-corrected chi connectivity index (χ2v) is 10.6. The van der Waals surface area contributed by atoms with E-state index in [0.717, 1.165) is 23.0 Å². The van der Waals surface area contributed by atoms with E-state index >= 15 is 0 Å². The number of phenols is 1. The van der Waals surface area contributed by atoms with E-state index < -0.39 is 51.6 Å². The minimum Gasteiger partial charge on any atom is -0.506 e. The average Bonchev–Trinajstić information content (AvgIpc) is 3.33. The zero-order chi connectivity index (χ0) is 29.9. The van der Waals surface area contributed by atoms with Crippen LogP contribution in [0.15, 0.2) is 53.1 Å². The standard InChI is InChI=1S/C24H21F4N7O5S/c1-13(21-29-10-15(25)11-30-21)14(2)41(37,38)34-23-33-32-22(35(23)20-17(36)7-5-8-18(20)39-3)16-6-4-9-19(31-16)40-12-24(26,27)28/h5,7-11,13-14,36H,12H2,1-3H3,(H,33,34)/t13-,14-/m0/s1. The van der Waals surface area contributed by atoms with E-state index in [1.54, 1.807) is 0 Å². The van der Waals surface area contributed by atoms with Gasteiger partial charge in [-0.15, -0.1) is 10.2 Å². The number of aromatic nitrogens is 5. The van der Waals surface area contributed by atoms with Crippen molar-refractivity contribution >= 4 is 27.6 Å². The number of ether oxygens (including phenoxy) is 2. The van der Waals surface area contributed by atoms with Crippen LogP contribution in [0.25, 0.3) is 11.4 Å². The molecular formula is C24H21F4N7O5S. The molecule has 0 fully saturated rings. The van der Waals surface area contributed by atoms with E-state index in [1.165, 1.54) is 39.2 Å². The zero-order valence-electron chi connectivity index (χ0n) is 21.5. The van der Waals surface area contributed by atoms with Crippen molar-refractivity contribution in [2.75, 3.05) is 18.4 Å². The van der Waals surface area contributed by atoms with Crippen molar-refractivity contribution < 1.29 is 40.6 Å². The highest BCUT2D eigenvalue weighted by Gasteiger charge is 2.33. The summed E-state index contributed by atoms with van der Waals surface area (Å²) in [6.45, 7) is 1.27. The predicted octanol–water partition coefficient (Wildman–Crippen LogP) is 3.49. The summed E-state index contributed by atoms with van der Waals surface area (Å²) in [5, 5.41) is 17.4. The first kappa shape index (κ1) is 29.3. The molecular weight excluding hydrogens is 574 g/mol. The molecule has 0 aliphatic carbocycles. The molecule has 0 radical (unpaired) electrons. The van der Waals surface area contributed by atoms with Crippen LogP contribution in [-0.4, -0.2) is 69.3 Å². The van der Waals surface area contributed by atoms with Gasteiger partial charge in [-0.05, 0) is 24.8 Å². The van der Waals surface area contributed by atoms with Crippen LogP contribution in [-0.2, 0) is 14.8 Å². The lowest BCUT2D eigenvalue weighted by atomic mass is 10.1. The summed E-state index contributed by atoms with van der Waals surface area (Å²) in [5.74, 6) is -2.92. The van der Waals surface area contributed by atoms with Gasteiger partial charge in [-0.25, -0.2) is 27.8 Å². The summed E-state index contributed by atoms with van der Waals surface area (Å²) >= 11 is 0. The van der Waals surface area contributed by atoms with E-state index in [0.29, 0.717) is 0 Å². The Morgan fingerprint density at radius 3 is 2.54 bits per heavy atom. The number of nitrogens with zero attached hydrogens (tertiary/aromatic N) is 6. The first-order chi connectivity index (χ1) is 19.3. The van der Waals surface area contributed by atoms with Gasteiger partial charge in [0.15, 0.2) is 23.9 Å². The summed E-state index contributed by atoms with van der Waals surface area (Å²) in [6.07, 6.45) is -1.80. The molecule has 2 aromatic heterocycles. The molecule has 41 heavy (non-hydrogen) atoms. The van der Waals surface area contributed by atoms with E-state index in [2.05, 4.69) is 46.1 Å². The maximum absolute atomic E-state index is 13.4. The quantitative estimate of drug-likeness (QED) is 0.280. The van der Waals surface area contributed by atoms with E-state index in [9.17, 15) is 31.1 Å². The van der Waals surface area contributed by atoms with Gasteiger partial charge in [0.05, 0.1) is 30.8 Å². The van der Waals surface area contributed by atoms with Gasteiger partial charge in [-0.2, -0.15) is 13.2 Å².